The van der Waals surface area contributed by atoms with Gasteiger partial charge in [-0.2, -0.15) is 0 Å². The number of hydrogen-bond donors (Lipinski definition) is 0. The lowest BCUT2D eigenvalue weighted by Gasteiger charge is -2.22. The number of carbonyl (C=O) groups excluding carboxylic acids is 1. The Labute approximate surface area is 252 Å². The molecular formula is C36H72ClNO. The van der Waals surface area contributed by atoms with Gasteiger partial charge in [0.1, 0.15) is 5.88 Å². The van der Waals surface area contributed by atoms with Crippen LogP contribution in [0.2, 0.25) is 0 Å². The van der Waals surface area contributed by atoms with Crippen molar-refractivity contribution in [1.82, 2.24) is 4.90 Å². The molecule has 0 unspecified atom stereocenters. The van der Waals surface area contributed by atoms with Crippen LogP contribution in [0.1, 0.15) is 206 Å². The van der Waals surface area contributed by atoms with Gasteiger partial charge in [0.2, 0.25) is 5.91 Å². The van der Waals surface area contributed by atoms with E-state index in [1.807, 2.05) is 4.90 Å². The van der Waals surface area contributed by atoms with Crippen LogP contribution in [-0.2, 0) is 4.79 Å². The molecular weight excluding hydrogens is 498 g/mol. The lowest BCUT2D eigenvalue weighted by Crippen LogP contribution is -2.33. The Balaban J connectivity index is 3.49. The molecule has 0 rings (SSSR count). The maximum absolute atomic E-state index is 12.3. The summed E-state index contributed by atoms with van der Waals surface area (Å²) in [5, 5.41) is 0. The van der Waals surface area contributed by atoms with Crippen molar-refractivity contribution in [3.05, 3.63) is 0 Å². The average Bonchev–Trinajstić information content (AvgIpc) is 2.95. The van der Waals surface area contributed by atoms with E-state index in [2.05, 4.69) is 13.8 Å². The van der Waals surface area contributed by atoms with E-state index in [9.17, 15) is 4.79 Å². The summed E-state index contributed by atoms with van der Waals surface area (Å²) >= 11 is 5.90. The predicted molar refractivity (Wildman–Crippen MR) is 177 cm³/mol. The van der Waals surface area contributed by atoms with E-state index in [0.717, 1.165) is 25.9 Å². The Morgan fingerprint density at radius 3 is 0.795 bits per heavy atom. The minimum atomic E-state index is 0.132. The van der Waals surface area contributed by atoms with Crippen molar-refractivity contribution in [2.24, 2.45) is 0 Å². The fourth-order valence-corrected chi connectivity index (χ4v) is 5.96. The third-order valence-electron chi connectivity index (χ3n) is 8.53. The molecule has 2 nitrogen and oxygen atoms in total. The molecule has 0 N–H and O–H groups in total. The van der Waals surface area contributed by atoms with Crippen LogP contribution in [0.25, 0.3) is 0 Å². The highest BCUT2D eigenvalue weighted by Gasteiger charge is 2.11. The standard InChI is InChI=1S/C36H72ClNO/c1-3-5-7-9-11-13-15-17-19-21-23-25-27-29-31-33-38(36(39)35-37)34-32-30-28-26-24-22-20-18-16-14-12-10-8-6-4-2/h3-35H2,1-2H3. The Kier molecular flexibility index (Phi) is 33.8. The SMILES string of the molecule is CCCCCCCCCCCCCCCCCN(CCCCCCCCCCCCCCCCC)C(=O)CCl. The fourth-order valence-electron chi connectivity index (χ4n) is 5.79. The quantitative estimate of drug-likeness (QED) is 0.0568. The van der Waals surface area contributed by atoms with Crippen molar-refractivity contribution < 1.29 is 4.79 Å². The van der Waals surface area contributed by atoms with E-state index in [1.165, 1.54) is 180 Å². The zero-order valence-corrected chi connectivity index (χ0v) is 27.8. The van der Waals surface area contributed by atoms with Crippen LogP contribution in [0.5, 0.6) is 0 Å². The number of carbonyl (C=O) groups is 1. The molecule has 0 atom stereocenters. The number of unbranched alkanes of at least 4 members (excludes halogenated alkanes) is 28. The van der Waals surface area contributed by atoms with Crippen LogP contribution in [-0.4, -0.2) is 29.8 Å². The van der Waals surface area contributed by atoms with E-state index < -0.39 is 0 Å². The van der Waals surface area contributed by atoms with E-state index in [4.69, 9.17) is 11.6 Å². The van der Waals surface area contributed by atoms with Crippen LogP contribution in [0.4, 0.5) is 0 Å². The summed E-state index contributed by atoms with van der Waals surface area (Å²) in [6, 6.07) is 0. The van der Waals surface area contributed by atoms with Gasteiger partial charge in [0.25, 0.3) is 0 Å². The lowest BCUT2D eigenvalue weighted by atomic mass is 10.0. The van der Waals surface area contributed by atoms with Gasteiger partial charge in [0.15, 0.2) is 0 Å². The third kappa shape index (κ3) is 30.5. The Hall–Kier alpha value is -0.240. The van der Waals surface area contributed by atoms with Crippen LogP contribution in [0.3, 0.4) is 0 Å². The molecule has 0 aliphatic heterocycles. The first-order valence-corrected chi connectivity index (χ1v) is 18.6. The molecule has 1 amide bonds. The summed E-state index contributed by atoms with van der Waals surface area (Å²) in [7, 11) is 0. The highest BCUT2D eigenvalue weighted by molar-refractivity contribution is 6.27. The van der Waals surface area contributed by atoms with Gasteiger partial charge in [-0.1, -0.05) is 194 Å². The smallest absolute Gasteiger partial charge is 0.237 e. The van der Waals surface area contributed by atoms with E-state index in [1.54, 1.807) is 0 Å². The first kappa shape index (κ1) is 38.8. The Morgan fingerprint density at radius 1 is 0.385 bits per heavy atom. The maximum Gasteiger partial charge on any atom is 0.237 e. The van der Waals surface area contributed by atoms with Gasteiger partial charge < -0.3 is 4.90 Å². The topological polar surface area (TPSA) is 20.3 Å². The molecule has 0 radical (unpaired) electrons. The van der Waals surface area contributed by atoms with Crippen molar-refractivity contribution >= 4 is 17.5 Å². The number of amides is 1. The molecule has 0 aromatic heterocycles. The van der Waals surface area contributed by atoms with E-state index in [0.29, 0.717) is 0 Å². The van der Waals surface area contributed by atoms with Crippen molar-refractivity contribution in [2.45, 2.75) is 206 Å². The second-order valence-electron chi connectivity index (χ2n) is 12.4. The summed E-state index contributed by atoms with van der Waals surface area (Å²) < 4.78 is 0. The monoisotopic (exact) mass is 570 g/mol. The number of alkyl halides is 1. The van der Waals surface area contributed by atoms with Crippen LogP contribution in [0.15, 0.2) is 0 Å². The summed E-state index contributed by atoms with van der Waals surface area (Å²) in [6.45, 7) is 6.39. The zero-order valence-electron chi connectivity index (χ0n) is 27.1. The fraction of sp³-hybridized carbons (Fsp3) is 0.972. The van der Waals surface area contributed by atoms with Gasteiger partial charge in [-0.3, -0.25) is 4.79 Å². The lowest BCUT2D eigenvalue weighted by molar-refractivity contribution is -0.128. The molecule has 0 spiro atoms. The van der Waals surface area contributed by atoms with Crippen LogP contribution >= 0.6 is 11.6 Å². The summed E-state index contributed by atoms with van der Waals surface area (Å²) in [5.74, 6) is 0.268. The van der Waals surface area contributed by atoms with Crippen LogP contribution < -0.4 is 0 Å². The van der Waals surface area contributed by atoms with Crippen molar-refractivity contribution in [3.63, 3.8) is 0 Å². The number of nitrogens with zero attached hydrogens (tertiary/aromatic N) is 1. The molecule has 0 bridgehead atoms. The van der Waals surface area contributed by atoms with E-state index in [-0.39, 0.29) is 11.8 Å². The minimum absolute atomic E-state index is 0.132. The molecule has 0 heterocycles. The van der Waals surface area contributed by atoms with Gasteiger partial charge in [-0.25, -0.2) is 0 Å². The molecule has 234 valence electrons. The Bertz CT molecular complexity index is 435. The largest absolute Gasteiger partial charge is 0.342 e. The van der Waals surface area contributed by atoms with Crippen molar-refractivity contribution in [3.8, 4) is 0 Å². The average molecular weight is 570 g/mol. The molecule has 39 heavy (non-hydrogen) atoms. The number of rotatable bonds is 33. The molecule has 0 saturated carbocycles. The molecule has 0 aromatic rings. The molecule has 0 saturated heterocycles. The second-order valence-corrected chi connectivity index (χ2v) is 12.7. The molecule has 3 heteroatoms. The minimum Gasteiger partial charge on any atom is -0.342 e. The Morgan fingerprint density at radius 2 is 0.590 bits per heavy atom. The van der Waals surface area contributed by atoms with Gasteiger partial charge in [0, 0.05) is 13.1 Å². The highest BCUT2D eigenvalue weighted by Crippen LogP contribution is 2.15. The number of hydrogen-bond acceptors (Lipinski definition) is 1. The first-order valence-electron chi connectivity index (χ1n) is 18.1. The summed E-state index contributed by atoms with van der Waals surface area (Å²) in [6.07, 6.45) is 41.4. The number of halogens is 1. The van der Waals surface area contributed by atoms with Crippen LogP contribution in [0, 0.1) is 0 Å². The molecule has 0 aliphatic rings. The van der Waals surface area contributed by atoms with Gasteiger partial charge in [-0.15, -0.1) is 11.6 Å². The molecule has 0 fully saturated rings. The summed E-state index contributed by atoms with van der Waals surface area (Å²) in [4.78, 5) is 14.3. The zero-order chi connectivity index (χ0) is 28.5. The second kappa shape index (κ2) is 34.0. The summed E-state index contributed by atoms with van der Waals surface area (Å²) in [5.41, 5.74) is 0. The highest BCUT2D eigenvalue weighted by atomic mass is 35.5. The van der Waals surface area contributed by atoms with Crippen molar-refractivity contribution in [1.29, 1.82) is 0 Å². The first-order chi connectivity index (χ1) is 19.3. The predicted octanol–water partition coefficient (Wildman–Crippen LogP) is 12.8. The normalized spacial score (nSPS) is 11.4. The van der Waals surface area contributed by atoms with Gasteiger partial charge >= 0.3 is 0 Å². The van der Waals surface area contributed by atoms with Crippen molar-refractivity contribution in [2.75, 3.05) is 19.0 Å². The van der Waals surface area contributed by atoms with Gasteiger partial charge in [0.05, 0.1) is 0 Å². The maximum atomic E-state index is 12.3. The molecule has 0 aromatic carbocycles. The van der Waals surface area contributed by atoms with E-state index >= 15 is 0 Å². The molecule has 0 aliphatic carbocycles. The van der Waals surface area contributed by atoms with Gasteiger partial charge in [-0.05, 0) is 12.8 Å². The third-order valence-corrected chi connectivity index (χ3v) is 8.76.